The van der Waals surface area contributed by atoms with Gasteiger partial charge in [-0.2, -0.15) is 0 Å². The second-order valence-corrected chi connectivity index (χ2v) is 6.73. The minimum Gasteiger partial charge on any atom is -0.370 e. The van der Waals surface area contributed by atoms with E-state index in [1.807, 2.05) is 0 Å². The van der Waals surface area contributed by atoms with E-state index >= 15 is 0 Å². The molecule has 1 spiro atoms. The van der Waals surface area contributed by atoms with Gasteiger partial charge in [-0.1, -0.05) is 13.8 Å². The second kappa shape index (κ2) is 6.64. The molecule has 0 aromatic rings. The largest absolute Gasteiger partial charge is 0.370 e. The second-order valence-electron chi connectivity index (χ2n) is 6.73. The molecule has 0 unspecified atom stereocenters. The van der Waals surface area contributed by atoms with E-state index in [1.165, 1.54) is 4.90 Å². The van der Waals surface area contributed by atoms with Crippen LogP contribution in [0.25, 0.3) is 0 Å². The van der Waals surface area contributed by atoms with Gasteiger partial charge in [-0.3, -0.25) is 14.5 Å². The summed E-state index contributed by atoms with van der Waals surface area (Å²) in [5.74, 6) is 0.0307. The van der Waals surface area contributed by atoms with Gasteiger partial charge in [0.15, 0.2) is 0 Å². The van der Waals surface area contributed by atoms with Crippen LogP contribution in [-0.2, 0) is 9.59 Å². The van der Waals surface area contributed by atoms with Gasteiger partial charge in [0, 0.05) is 32.6 Å². The molecule has 0 atom stereocenters. The molecular formula is C15H26N4O3. The number of nitrogens with one attached hydrogen (secondary N) is 1. The lowest BCUT2D eigenvalue weighted by Gasteiger charge is -2.37. The first-order valence-corrected chi connectivity index (χ1v) is 7.99. The SMILES string of the molecule is CC(C)CN1CCC2(CC1)NC(=O)N(CCCC(N)=O)C2=O. The zero-order valence-electron chi connectivity index (χ0n) is 13.4. The fourth-order valence-electron chi connectivity index (χ4n) is 3.26. The number of urea groups is 1. The first kappa shape index (κ1) is 16.7. The molecular weight excluding hydrogens is 284 g/mol. The Balaban J connectivity index is 1.92. The lowest BCUT2D eigenvalue weighted by molar-refractivity contribution is -0.133. The summed E-state index contributed by atoms with van der Waals surface area (Å²) in [4.78, 5) is 39.0. The van der Waals surface area contributed by atoms with Crippen molar-refractivity contribution in [1.82, 2.24) is 15.1 Å². The van der Waals surface area contributed by atoms with Crippen LogP contribution in [0.3, 0.4) is 0 Å². The van der Waals surface area contributed by atoms with Crippen LogP contribution < -0.4 is 11.1 Å². The molecule has 2 saturated heterocycles. The zero-order valence-corrected chi connectivity index (χ0v) is 13.4. The summed E-state index contributed by atoms with van der Waals surface area (Å²) in [6, 6.07) is -0.341. The van der Waals surface area contributed by atoms with Crippen molar-refractivity contribution in [3.8, 4) is 0 Å². The number of hydrogen-bond acceptors (Lipinski definition) is 4. The lowest BCUT2D eigenvalue weighted by Crippen LogP contribution is -2.55. The van der Waals surface area contributed by atoms with Crippen LogP contribution in [0, 0.1) is 5.92 Å². The molecule has 0 aromatic heterocycles. The standard InChI is InChI=1S/C15H26N4O3/c1-11(2)10-18-8-5-15(6-9-18)13(21)19(14(22)17-15)7-3-4-12(16)20/h11H,3-10H2,1-2H3,(H2,16,20)(H,17,22). The van der Waals surface area contributed by atoms with Crippen molar-refractivity contribution in [3.05, 3.63) is 0 Å². The molecule has 0 aliphatic carbocycles. The maximum atomic E-state index is 12.6. The number of nitrogens with two attached hydrogens (primary N) is 1. The van der Waals surface area contributed by atoms with Crippen LogP contribution in [0.5, 0.6) is 0 Å². The van der Waals surface area contributed by atoms with Gasteiger partial charge >= 0.3 is 6.03 Å². The van der Waals surface area contributed by atoms with Crippen molar-refractivity contribution < 1.29 is 14.4 Å². The van der Waals surface area contributed by atoms with Gasteiger partial charge in [0.2, 0.25) is 5.91 Å². The third-order valence-corrected chi connectivity index (χ3v) is 4.38. The number of amides is 4. The van der Waals surface area contributed by atoms with E-state index in [2.05, 4.69) is 24.1 Å². The highest BCUT2D eigenvalue weighted by molar-refractivity contribution is 6.07. The van der Waals surface area contributed by atoms with Crippen molar-refractivity contribution >= 4 is 17.8 Å². The maximum Gasteiger partial charge on any atom is 0.325 e. The molecule has 3 N–H and O–H groups in total. The third-order valence-electron chi connectivity index (χ3n) is 4.38. The Hall–Kier alpha value is -1.63. The summed E-state index contributed by atoms with van der Waals surface area (Å²) in [6.07, 6.45) is 1.91. The molecule has 0 bridgehead atoms. The summed E-state index contributed by atoms with van der Waals surface area (Å²) in [5, 5.41) is 2.88. The van der Waals surface area contributed by atoms with Gasteiger partial charge in [0.1, 0.15) is 5.54 Å². The van der Waals surface area contributed by atoms with Gasteiger partial charge in [0.05, 0.1) is 0 Å². The smallest absolute Gasteiger partial charge is 0.325 e. The van der Waals surface area contributed by atoms with Crippen molar-refractivity contribution in [2.24, 2.45) is 11.7 Å². The van der Waals surface area contributed by atoms with E-state index in [-0.39, 0.29) is 24.9 Å². The maximum absolute atomic E-state index is 12.6. The Morgan fingerprint density at radius 3 is 2.50 bits per heavy atom. The molecule has 2 aliphatic rings. The summed E-state index contributed by atoms with van der Waals surface area (Å²) < 4.78 is 0. The zero-order chi connectivity index (χ0) is 16.3. The first-order chi connectivity index (χ1) is 10.3. The molecule has 2 heterocycles. The minimum atomic E-state index is -0.739. The van der Waals surface area contributed by atoms with Crippen LogP contribution in [-0.4, -0.2) is 59.4 Å². The molecule has 7 nitrogen and oxygen atoms in total. The van der Waals surface area contributed by atoms with Crippen LogP contribution in [0.2, 0.25) is 0 Å². The highest BCUT2D eigenvalue weighted by Crippen LogP contribution is 2.29. The Morgan fingerprint density at radius 1 is 1.32 bits per heavy atom. The number of nitrogens with zero attached hydrogens (tertiary/aromatic N) is 2. The number of piperidine rings is 1. The van der Waals surface area contributed by atoms with Gasteiger partial charge in [-0.15, -0.1) is 0 Å². The van der Waals surface area contributed by atoms with Crippen LogP contribution in [0.15, 0.2) is 0 Å². The Bertz CT molecular complexity index is 456. The molecule has 124 valence electrons. The number of imide groups is 1. The van der Waals surface area contributed by atoms with Crippen LogP contribution in [0.1, 0.15) is 39.5 Å². The summed E-state index contributed by atoms with van der Waals surface area (Å²) in [7, 11) is 0. The van der Waals surface area contributed by atoms with E-state index < -0.39 is 11.4 Å². The van der Waals surface area contributed by atoms with E-state index in [1.54, 1.807) is 0 Å². The van der Waals surface area contributed by atoms with Crippen molar-refractivity contribution in [2.45, 2.75) is 45.1 Å². The molecule has 2 fully saturated rings. The van der Waals surface area contributed by atoms with Gasteiger partial charge < -0.3 is 16.0 Å². The van der Waals surface area contributed by atoms with E-state index in [0.29, 0.717) is 25.2 Å². The molecule has 2 rings (SSSR count). The molecule has 2 aliphatic heterocycles. The van der Waals surface area contributed by atoms with Crippen LogP contribution >= 0.6 is 0 Å². The number of likely N-dealkylation sites (tertiary alicyclic amines) is 1. The fourth-order valence-corrected chi connectivity index (χ4v) is 3.26. The Kier molecular flexibility index (Phi) is 5.05. The molecule has 7 heteroatoms. The Labute approximate surface area is 131 Å². The van der Waals surface area contributed by atoms with Crippen LogP contribution in [0.4, 0.5) is 4.79 Å². The summed E-state index contributed by atoms with van der Waals surface area (Å²) >= 11 is 0. The molecule has 0 radical (unpaired) electrons. The van der Waals surface area contributed by atoms with E-state index in [4.69, 9.17) is 5.73 Å². The average Bonchev–Trinajstić information content (AvgIpc) is 2.65. The fraction of sp³-hybridized carbons (Fsp3) is 0.800. The first-order valence-electron chi connectivity index (χ1n) is 7.99. The summed E-state index contributed by atoms with van der Waals surface area (Å²) in [5.41, 5.74) is 4.35. The van der Waals surface area contributed by atoms with E-state index in [0.717, 1.165) is 19.6 Å². The van der Waals surface area contributed by atoms with Gasteiger partial charge in [0.25, 0.3) is 5.91 Å². The minimum absolute atomic E-state index is 0.147. The lowest BCUT2D eigenvalue weighted by atomic mass is 9.87. The predicted molar refractivity (Wildman–Crippen MR) is 81.9 cm³/mol. The number of carbonyl (C=O) groups excluding carboxylic acids is 3. The number of hydrogen-bond donors (Lipinski definition) is 2. The highest BCUT2D eigenvalue weighted by atomic mass is 16.2. The average molecular weight is 310 g/mol. The topological polar surface area (TPSA) is 95.7 Å². The number of rotatable bonds is 6. The Morgan fingerprint density at radius 2 is 1.95 bits per heavy atom. The van der Waals surface area contributed by atoms with Crippen molar-refractivity contribution in [3.63, 3.8) is 0 Å². The monoisotopic (exact) mass is 310 g/mol. The normalized spacial score (nSPS) is 21.7. The number of primary amides is 1. The molecule has 0 saturated carbocycles. The summed E-state index contributed by atoms with van der Waals surface area (Å²) in [6.45, 7) is 7.25. The highest BCUT2D eigenvalue weighted by Gasteiger charge is 2.51. The van der Waals surface area contributed by atoms with Gasteiger partial charge in [-0.25, -0.2) is 4.79 Å². The van der Waals surface area contributed by atoms with Crippen molar-refractivity contribution in [1.29, 1.82) is 0 Å². The molecule has 22 heavy (non-hydrogen) atoms. The van der Waals surface area contributed by atoms with Gasteiger partial charge in [-0.05, 0) is 25.2 Å². The predicted octanol–water partition coefficient (Wildman–Crippen LogP) is 0.294. The number of carbonyl (C=O) groups is 3. The molecule has 0 aromatic carbocycles. The quantitative estimate of drug-likeness (QED) is 0.689. The van der Waals surface area contributed by atoms with E-state index in [9.17, 15) is 14.4 Å². The molecule has 4 amide bonds. The third kappa shape index (κ3) is 3.58. The van der Waals surface area contributed by atoms with Crippen molar-refractivity contribution in [2.75, 3.05) is 26.2 Å².